The van der Waals surface area contributed by atoms with Crippen molar-refractivity contribution in [1.29, 1.82) is 0 Å². The molecule has 0 aliphatic heterocycles. The van der Waals surface area contributed by atoms with E-state index in [-0.39, 0.29) is 10.9 Å². The Morgan fingerprint density at radius 1 is 1.32 bits per heavy atom. The van der Waals surface area contributed by atoms with Crippen molar-refractivity contribution in [2.24, 2.45) is 4.99 Å². The maximum Gasteiger partial charge on any atom is 0.345 e. The first-order valence-electron chi connectivity index (χ1n) is 5.27. The summed E-state index contributed by atoms with van der Waals surface area (Å²) in [6, 6.07) is 8.25. The normalized spacial score (nSPS) is 11.3. The van der Waals surface area contributed by atoms with Crippen molar-refractivity contribution in [1.82, 2.24) is 4.73 Å². The monoisotopic (exact) mass is 279 g/mol. The number of rotatable bonds is 1. The molecule has 0 radical (unpaired) electrons. The lowest BCUT2D eigenvalue weighted by Crippen LogP contribution is -2.13. The standard InChI is InChI=1S/C12H10ClN3O3/c13-11-7-9(4-5-16(11)19)15-12(18)14-8-2-1-3-10(17)6-8/h1-7,17,19H,(H,14,18). The van der Waals surface area contributed by atoms with Crippen LogP contribution < -0.4 is 10.7 Å². The highest BCUT2D eigenvalue weighted by Crippen LogP contribution is 2.15. The Balaban J connectivity index is 2.19. The molecular formula is C12H10ClN3O3. The number of amides is 2. The first kappa shape index (κ1) is 13.0. The highest BCUT2D eigenvalue weighted by molar-refractivity contribution is 6.29. The van der Waals surface area contributed by atoms with E-state index in [4.69, 9.17) is 16.8 Å². The number of urea groups is 1. The summed E-state index contributed by atoms with van der Waals surface area (Å²) in [5.41, 5.74) is 0.424. The number of halogens is 1. The summed E-state index contributed by atoms with van der Waals surface area (Å²) in [5.74, 6) is 0.0434. The maximum atomic E-state index is 11.6. The summed E-state index contributed by atoms with van der Waals surface area (Å²) in [7, 11) is 0. The number of benzene rings is 1. The largest absolute Gasteiger partial charge is 0.508 e. The molecule has 0 bridgehead atoms. The van der Waals surface area contributed by atoms with E-state index in [2.05, 4.69) is 10.3 Å². The molecule has 0 saturated heterocycles. The van der Waals surface area contributed by atoms with Gasteiger partial charge in [-0.3, -0.25) is 0 Å². The smallest absolute Gasteiger partial charge is 0.345 e. The molecule has 3 N–H and O–H groups in total. The van der Waals surface area contributed by atoms with E-state index in [1.807, 2.05) is 0 Å². The minimum Gasteiger partial charge on any atom is -0.508 e. The van der Waals surface area contributed by atoms with Crippen LogP contribution in [0, 0.1) is 0 Å². The number of phenolic OH excluding ortho intramolecular Hbond substituents is 1. The van der Waals surface area contributed by atoms with E-state index in [1.165, 1.54) is 30.5 Å². The van der Waals surface area contributed by atoms with Crippen LogP contribution in [0.4, 0.5) is 10.5 Å². The summed E-state index contributed by atoms with van der Waals surface area (Å²) in [5, 5.41) is 21.2. The number of hydrogen-bond acceptors (Lipinski definition) is 3. The third kappa shape index (κ3) is 3.49. The predicted molar refractivity (Wildman–Crippen MR) is 69.3 cm³/mol. The molecule has 0 atom stereocenters. The zero-order valence-electron chi connectivity index (χ0n) is 9.62. The number of carbonyl (C=O) groups is 1. The van der Waals surface area contributed by atoms with Gasteiger partial charge in [0.25, 0.3) is 0 Å². The molecule has 2 aromatic rings. The molecular weight excluding hydrogens is 270 g/mol. The fourth-order valence-corrected chi connectivity index (χ4v) is 1.54. The quantitative estimate of drug-likeness (QED) is 0.552. The molecule has 0 fully saturated rings. The minimum atomic E-state index is -0.614. The van der Waals surface area contributed by atoms with Crippen LogP contribution in [0.15, 0.2) is 47.6 Å². The van der Waals surface area contributed by atoms with Gasteiger partial charge in [0.05, 0.1) is 5.36 Å². The van der Waals surface area contributed by atoms with Crippen LogP contribution in [0.2, 0.25) is 5.15 Å². The molecule has 6 nitrogen and oxygen atoms in total. The molecule has 2 rings (SSSR count). The SMILES string of the molecule is O=C(N=c1ccn(O)c(Cl)c1)Nc1cccc(O)c1. The lowest BCUT2D eigenvalue weighted by molar-refractivity contribution is 0.185. The molecule has 19 heavy (non-hydrogen) atoms. The summed E-state index contributed by atoms with van der Waals surface area (Å²) < 4.78 is 0.702. The van der Waals surface area contributed by atoms with E-state index < -0.39 is 6.03 Å². The Morgan fingerprint density at radius 3 is 2.79 bits per heavy atom. The van der Waals surface area contributed by atoms with Crippen LogP contribution in [0.3, 0.4) is 0 Å². The molecule has 1 aromatic carbocycles. The van der Waals surface area contributed by atoms with Gasteiger partial charge in [-0.1, -0.05) is 17.7 Å². The maximum absolute atomic E-state index is 11.6. The van der Waals surface area contributed by atoms with Crippen molar-refractivity contribution >= 4 is 23.3 Å². The highest BCUT2D eigenvalue weighted by atomic mass is 35.5. The number of nitrogens with zero attached hydrogens (tertiary/aromatic N) is 2. The fourth-order valence-electron chi connectivity index (χ4n) is 1.38. The fraction of sp³-hybridized carbons (Fsp3) is 0. The number of anilines is 1. The van der Waals surface area contributed by atoms with E-state index >= 15 is 0 Å². The van der Waals surface area contributed by atoms with Crippen molar-refractivity contribution < 1.29 is 15.1 Å². The third-order valence-corrected chi connectivity index (χ3v) is 2.48. The summed E-state index contributed by atoms with van der Waals surface area (Å²) >= 11 is 5.67. The van der Waals surface area contributed by atoms with E-state index in [9.17, 15) is 9.90 Å². The second-order valence-electron chi connectivity index (χ2n) is 3.64. The number of hydrogen-bond donors (Lipinski definition) is 3. The van der Waals surface area contributed by atoms with Crippen LogP contribution in [0.5, 0.6) is 5.75 Å². The number of phenols is 1. The highest BCUT2D eigenvalue weighted by Gasteiger charge is 2.01. The van der Waals surface area contributed by atoms with E-state index in [0.29, 0.717) is 15.8 Å². The lowest BCUT2D eigenvalue weighted by Gasteiger charge is -2.02. The Bertz CT molecular complexity index is 682. The van der Waals surface area contributed by atoms with Gasteiger partial charge < -0.3 is 15.6 Å². The third-order valence-electron chi connectivity index (χ3n) is 2.20. The Morgan fingerprint density at radius 2 is 2.11 bits per heavy atom. The van der Waals surface area contributed by atoms with Gasteiger partial charge in [-0.2, -0.15) is 9.72 Å². The average Bonchev–Trinajstić information content (AvgIpc) is 2.34. The van der Waals surface area contributed by atoms with Gasteiger partial charge in [0, 0.05) is 24.0 Å². The molecule has 0 aliphatic rings. The summed E-state index contributed by atoms with van der Waals surface area (Å²) in [4.78, 5) is 15.4. The molecule has 1 heterocycles. The molecule has 7 heteroatoms. The minimum absolute atomic E-state index is 0.0337. The van der Waals surface area contributed by atoms with Gasteiger partial charge in [-0.05, 0) is 18.2 Å². The van der Waals surface area contributed by atoms with Gasteiger partial charge >= 0.3 is 6.03 Å². The zero-order valence-corrected chi connectivity index (χ0v) is 10.4. The molecule has 0 unspecified atom stereocenters. The van der Waals surface area contributed by atoms with Gasteiger partial charge in [0.15, 0.2) is 0 Å². The van der Waals surface area contributed by atoms with Crippen molar-refractivity contribution in [3.63, 3.8) is 0 Å². The molecule has 1 aromatic heterocycles. The lowest BCUT2D eigenvalue weighted by atomic mass is 10.3. The van der Waals surface area contributed by atoms with E-state index in [0.717, 1.165) is 0 Å². The van der Waals surface area contributed by atoms with E-state index in [1.54, 1.807) is 12.1 Å². The molecule has 98 valence electrons. The number of aromatic nitrogens is 1. The van der Waals surface area contributed by atoms with Gasteiger partial charge in [-0.25, -0.2) is 4.79 Å². The topological polar surface area (TPSA) is 86.9 Å². The number of carbonyl (C=O) groups excluding carboxylic acids is 1. The Kier molecular flexibility index (Phi) is 3.72. The van der Waals surface area contributed by atoms with Crippen molar-refractivity contribution in [3.05, 3.63) is 53.1 Å². The van der Waals surface area contributed by atoms with Crippen LogP contribution in [-0.2, 0) is 0 Å². The number of aromatic hydroxyl groups is 1. The van der Waals surface area contributed by atoms with Crippen molar-refractivity contribution in [2.45, 2.75) is 0 Å². The molecule has 0 spiro atoms. The predicted octanol–water partition coefficient (Wildman–Crippen LogP) is 2.22. The van der Waals surface area contributed by atoms with Gasteiger partial charge in [0.2, 0.25) is 0 Å². The Hall–Kier alpha value is -2.47. The Labute approximate surface area is 113 Å². The van der Waals surface area contributed by atoms with Gasteiger partial charge in [0.1, 0.15) is 10.9 Å². The van der Waals surface area contributed by atoms with Gasteiger partial charge in [-0.15, -0.1) is 0 Å². The number of pyridine rings is 1. The van der Waals surface area contributed by atoms with Crippen LogP contribution in [0.25, 0.3) is 0 Å². The number of nitrogens with one attached hydrogen (secondary N) is 1. The zero-order chi connectivity index (χ0) is 13.8. The molecule has 2 amide bonds. The first-order valence-corrected chi connectivity index (χ1v) is 5.64. The summed E-state index contributed by atoms with van der Waals surface area (Å²) in [6.07, 6.45) is 1.27. The molecule has 0 aliphatic carbocycles. The molecule has 0 saturated carbocycles. The van der Waals surface area contributed by atoms with Crippen LogP contribution in [-0.4, -0.2) is 21.1 Å². The van der Waals surface area contributed by atoms with Crippen LogP contribution >= 0.6 is 11.6 Å². The van der Waals surface area contributed by atoms with Crippen LogP contribution in [0.1, 0.15) is 0 Å². The van der Waals surface area contributed by atoms with Crippen molar-refractivity contribution in [2.75, 3.05) is 5.32 Å². The average molecular weight is 280 g/mol. The summed E-state index contributed by atoms with van der Waals surface area (Å²) in [6.45, 7) is 0. The second kappa shape index (κ2) is 5.45. The second-order valence-corrected chi connectivity index (χ2v) is 4.03. The first-order chi connectivity index (χ1) is 9.04. The van der Waals surface area contributed by atoms with Crippen molar-refractivity contribution in [3.8, 4) is 5.75 Å².